The van der Waals surface area contributed by atoms with Gasteiger partial charge in [0.1, 0.15) is 5.75 Å². The lowest BCUT2D eigenvalue weighted by atomic mass is 10.3. The van der Waals surface area contributed by atoms with E-state index in [1.54, 1.807) is 24.3 Å². The van der Waals surface area contributed by atoms with Crippen molar-refractivity contribution in [3.63, 3.8) is 0 Å². The Morgan fingerprint density at radius 3 is 2.71 bits per heavy atom. The number of carbonyl (C=O) groups is 1. The minimum Gasteiger partial charge on any atom is -0.408 e. The zero-order chi connectivity index (χ0) is 9.80. The molecular formula is C8H6N4O2. The fraction of sp³-hybridized carbons (Fsp3) is 0. The molecule has 6 nitrogen and oxygen atoms in total. The van der Waals surface area contributed by atoms with E-state index >= 15 is 0 Å². The van der Waals surface area contributed by atoms with Crippen LogP contribution in [0.2, 0.25) is 0 Å². The quantitative estimate of drug-likeness (QED) is 0.662. The summed E-state index contributed by atoms with van der Waals surface area (Å²) >= 11 is 0. The van der Waals surface area contributed by atoms with Gasteiger partial charge in [-0.3, -0.25) is 0 Å². The van der Waals surface area contributed by atoms with Crippen LogP contribution in [-0.4, -0.2) is 26.3 Å². The Morgan fingerprint density at radius 2 is 2.07 bits per heavy atom. The van der Waals surface area contributed by atoms with Gasteiger partial charge in [-0.25, -0.2) is 4.79 Å². The largest absolute Gasteiger partial charge is 0.459 e. The average molecular weight is 190 g/mol. The highest BCUT2D eigenvalue weighted by Gasteiger charge is 2.08. The van der Waals surface area contributed by atoms with E-state index in [1.807, 2.05) is 6.07 Å². The summed E-state index contributed by atoms with van der Waals surface area (Å²) < 4.78 is 4.92. The predicted octanol–water partition coefficient (Wildman–Crippen LogP) is 0.720. The van der Waals surface area contributed by atoms with Crippen molar-refractivity contribution in [2.75, 3.05) is 0 Å². The van der Waals surface area contributed by atoms with Crippen LogP contribution in [0.4, 0.5) is 4.79 Å². The van der Waals surface area contributed by atoms with Crippen LogP contribution in [0.15, 0.2) is 36.7 Å². The van der Waals surface area contributed by atoms with Crippen LogP contribution >= 0.6 is 0 Å². The topological polar surface area (TPSA) is 69.9 Å². The van der Waals surface area contributed by atoms with Gasteiger partial charge >= 0.3 is 6.09 Å². The summed E-state index contributed by atoms with van der Waals surface area (Å²) in [5, 5.41) is 10.3. The molecule has 0 aliphatic carbocycles. The highest BCUT2D eigenvalue weighted by atomic mass is 16.6. The molecule has 1 aromatic carbocycles. The lowest BCUT2D eigenvalue weighted by Gasteiger charge is -2.00. The van der Waals surface area contributed by atoms with Crippen molar-refractivity contribution in [1.29, 1.82) is 0 Å². The van der Waals surface area contributed by atoms with Crippen molar-refractivity contribution >= 4 is 6.09 Å². The SMILES string of the molecule is O=C(Oc1ccccc1)n1ncnn1. The van der Waals surface area contributed by atoms with E-state index in [0.717, 1.165) is 11.1 Å². The highest BCUT2D eigenvalue weighted by molar-refractivity contribution is 5.70. The molecule has 0 aliphatic heterocycles. The molecule has 0 saturated heterocycles. The number of benzene rings is 1. The maximum Gasteiger partial charge on any atom is 0.459 e. The molecule has 1 heterocycles. The van der Waals surface area contributed by atoms with Gasteiger partial charge in [0.25, 0.3) is 0 Å². The van der Waals surface area contributed by atoms with Crippen LogP contribution in [0.25, 0.3) is 0 Å². The van der Waals surface area contributed by atoms with Crippen LogP contribution in [0.5, 0.6) is 5.75 Å². The molecule has 70 valence electrons. The molecule has 0 unspecified atom stereocenters. The first-order valence-corrected chi connectivity index (χ1v) is 3.86. The summed E-state index contributed by atoms with van der Waals surface area (Å²) in [6, 6.07) is 8.67. The van der Waals surface area contributed by atoms with Crippen LogP contribution < -0.4 is 4.74 Å². The summed E-state index contributed by atoms with van der Waals surface area (Å²) in [7, 11) is 0. The van der Waals surface area contributed by atoms with Gasteiger partial charge in [0.05, 0.1) is 0 Å². The molecule has 0 amide bonds. The van der Waals surface area contributed by atoms with Gasteiger partial charge in [-0.1, -0.05) is 23.0 Å². The molecule has 0 N–H and O–H groups in total. The Hall–Kier alpha value is -2.24. The maximum absolute atomic E-state index is 11.3. The van der Waals surface area contributed by atoms with Gasteiger partial charge in [0.2, 0.25) is 0 Å². The van der Waals surface area contributed by atoms with Gasteiger partial charge < -0.3 is 4.74 Å². The van der Waals surface area contributed by atoms with Crippen LogP contribution in [0.1, 0.15) is 0 Å². The minimum absolute atomic E-state index is 0.440. The number of aromatic nitrogens is 4. The van der Waals surface area contributed by atoms with E-state index in [9.17, 15) is 4.79 Å². The van der Waals surface area contributed by atoms with Crippen LogP contribution in [0, 0.1) is 0 Å². The number of tetrazole rings is 1. The third-order valence-electron chi connectivity index (χ3n) is 1.46. The Balaban J connectivity index is 2.10. The zero-order valence-corrected chi connectivity index (χ0v) is 7.07. The molecule has 2 rings (SSSR count). The van der Waals surface area contributed by atoms with Gasteiger partial charge in [0, 0.05) is 0 Å². The molecule has 0 saturated carbocycles. The highest BCUT2D eigenvalue weighted by Crippen LogP contribution is 2.08. The first-order chi connectivity index (χ1) is 6.86. The second kappa shape index (κ2) is 3.65. The van der Waals surface area contributed by atoms with Crippen molar-refractivity contribution in [3.05, 3.63) is 36.7 Å². The maximum atomic E-state index is 11.3. The molecule has 1 aromatic heterocycles. The second-order valence-corrected chi connectivity index (χ2v) is 2.41. The molecule has 0 atom stereocenters. The predicted molar refractivity (Wildman–Crippen MR) is 45.7 cm³/mol. The monoisotopic (exact) mass is 190 g/mol. The van der Waals surface area contributed by atoms with Crippen molar-refractivity contribution in [2.45, 2.75) is 0 Å². The molecule has 0 bridgehead atoms. The standard InChI is InChI=1S/C8H6N4O2/c13-8(12-10-6-9-11-12)14-7-4-2-1-3-5-7/h1-6H. The first kappa shape index (κ1) is 8.36. The van der Waals surface area contributed by atoms with Gasteiger partial charge in [-0.05, 0) is 17.3 Å². The van der Waals surface area contributed by atoms with Crippen molar-refractivity contribution in [1.82, 2.24) is 20.2 Å². The Bertz CT molecular complexity index is 412. The van der Waals surface area contributed by atoms with E-state index in [4.69, 9.17) is 4.74 Å². The number of para-hydroxylation sites is 1. The molecule has 0 spiro atoms. The van der Waals surface area contributed by atoms with Gasteiger partial charge in [-0.2, -0.15) is 0 Å². The average Bonchev–Trinajstić information content (AvgIpc) is 2.72. The van der Waals surface area contributed by atoms with E-state index in [2.05, 4.69) is 15.4 Å². The number of carbonyl (C=O) groups excluding carboxylic acids is 1. The fourth-order valence-electron chi connectivity index (χ4n) is 0.881. The normalized spacial score (nSPS) is 9.71. The van der Waals surface area contributed by atoms with Gasteiger partial charge in [0.15, 0.2) is 6.33 Å². The second-order valence-electron chi connectivity index (χ2n) is 2.41. The summed E-state index contributed by atoms with van der Waals surface area (Å²) in [6.45, 7) is 0. The molecular weight excluding hydrogens is 184 g/mol. The summed E-state index contributed by atoms with van der Waals surface area (Å²) in [6.07, 6.45) is 0.473. The molecule has 2 aromatic rings. The van der Waals surface area contributed by atoms with E-state index in [1.165, 1.54) is 0 Å². The first-order valence-electron chi connectivity index (χ1n) is 3.86. The minimum atomic E-state index is -0.686. The molecule has 6 heteroatoms. The smallest absolute Gasteiger partial charge is 0.408 e. The number of ether oxygens (including phenoxy) is 1. The summed E-state index contributed by atoms with van der Waals surface area (Å²) in [5.41, 5.74) is 0. The van der Waals surface area contributed by atoms with Gasteiger partial charge in [-0.15, -0.1) is 10.2 Å². The van der Waals surface area contributed by atoms with Crippen LogP contribution in [0.3, 0.4) is 0 Å². The number of nitrogens with zero attached hydrogens (tertiary/aromatic N) is 4. The van der Waals surface area contributed by atoms with Crippen molar-refractivity contribution < 1.29 is 9.53 Å². The summed E-state index contributed by atoms with van der Waals surface area (Å²) in [5.74, 6) is 0.440. The Labute approximate surface area is 79.1 Å². The summed E-state index contributed by atoms with van der Waals surface area (Å²) in [4.78, 5) is 12.0. The molecule has 0 aliphatic rings. The number of hydrogen-bond acceptors (Lipinski definition) is 5. The third kappa shape index (κ3) is 1.74. The molecule has 0 radical (unpaired) electrons. The Morgan fingerprint density at radius 1 is 1.29 bits per heavy atom. The lowest BCUT2D eigenvalue weighted by Crippen LogP contribution is -2.19. The van der Waals surface area contributed by atoms with Crippen LogP contribution in [-0.2, 0) is 0 Å². The molecule has 14 heavy (non-hydrogen) atoms. The fourth-order valence-corrected chi connectivity index (χ4v) is 0.881. The van der Waals surface area contributed by atoms with E-state index in [-0.39, 0.29) is 0 Å². The lowest BCUT2D eigenvalue weighted by molar-refractivity contribution is 0.194. The van der Waals surface area contributed by atoms with Crippen molar-refractivity contribution in [2.24, 2.45) is 0 Å². The third-order valence-corrected chi connectivity index (χ3v) is 1.46. The molecule has 0 fully saturated rings. The van der Waals surface area contributed by atoms with E-state index < -0.39 is 6.09 Å². The number of rotatable bonds is 1. The van der Waals surface area contributed by atoms with E-state index in [0.29, 0.717) is 5.75 Å². The van der Waals surface area contributed by atoms with Crippen molar-refractivity contribution in [3.8, 4) is 5.75 Å². The zero-order valence-electron chi connectivity index (χ0n) is 7.07. The number of hydrogen-bond donors (Lipinski definition) is 0. The Kier molecular flexibility index (Phi) is 2.18.